The van der Waals surface area contributed by atoms with E-state index in [0.29, 0.717) is 45.2 Å². The van der Waals surface area contributed by atoms with Gasteiger partial charge >= 0.3 is 0 Å². The zero-order valence-electron chi connectivity index (χ0n) is 13.9. The Labute approximate surface area is 153 Å². The number of nitrogens with zero attached hydrogens (tertiary/aromatic N) is 1. The number of carbonyl (C=O) groups is 1. The monoisotopic (exact) mass is 370 g/mol. The van der Waals surface area contributed by atoms with Gasteiger partial charge in [-0.05, 0) is 36.2 Å². The highest BCUT2D eigenvalue weighted by Crippen LogP contribution is 2.36. The van der Waals surface area contributed by atoms with E-state index in [1.807, 2.05) is 0 Å². The Hall–Kier alpha value is -2.64. The molecule has 3 aromatic rings. The second kappa shape index (κ2) is 6.26. The minimum atomic E-state index is -0.558. The predicted octanol–water partition coefficient (Wildman–Crippen LogP) is 3.56. The maximum absolute atomic E-state index is 13.4. The second-order valence-corrected chi connectivity index (χ2v) is 6.69. The highest BCUT2D eigenvalue weighted by Gasteiger charge is 2.36. The largest absolute Gasteiger partial charge is 0.441 e. The van der Waals surface area contributed by atoms with Gasteiger partial charge in [0.05, 0.1) is 17.5 Å². The first kappa shape index (κ1) is 16.8. The summed E-state index contributed by atoms with van der Waals surface area (Å²) in [4.78, 5) is 17.6. The smallest absolute Gasteiger partial charge is 0.192 e. The highest BCUT2D eigenvalue weighted by molar-refractivity contribution is 7.80. The van der Waals surface area contributed by atoms with Crippen molar-refractivity contribution < 1.29 is 18.7 Å². The summed E-state index contributed by atoms with van der Waals surface area (Å²) >= 11 is 5.40. The molecule has 0 saturated heterocycles. The third-order valence-electron chi connectivity index (χ3n) is 4.52. The number of hydrogen-bond acceptors (Lipinski definition) is 5. The molecule has 132 valence electrons. The summed E-state index contributed by atoms with van der Waals surface area (Å²) in [5.41, 5.74) is 3.39. The number of fused-ring (bicyclic) bond motifs is 3. The minimum absolute atomic E-state index is 0.133. The van der Waals surface area contributed by atoms with Gasteiger partial charge in [0.15, 0.2) is 17.3 Å². The molecule has 1 aromatic heterocycles. The van der Waals surface area contributed by atoms with Crippen LogP contribution in [0.1, 0.15) is 27.4 Å². The number of aliphatic hydroxyl groups excluding tert-OH is 1. The van der Waals surface area contributed by atoms with Crippen LogP contribution in [0, 0.1) is 18.7 Å². The van der Waals surface area contributed by atoms with Crippen molar-refractivity contribution >= 4 is 39.8 Å². The summed E-state index contributed by atoms with van der Waals surface area (Å²) in [5, 5.41) is 12.5. The quantitative estimate of drug-likeness (QED) is 0.687. The number of thiocarbonyl (C=S) groups is 1. The van der Waals surface area contributed by atoms with E-state index in [1.165, 1.54) is 12.1 Å². The summed E-state index contributed by atoms with van der Waals surface area (Å²) < 4.78 is 18.9. The van der Waals surface area contributed by atoms with Crippen molar-refractivity contribution in [1.29, 1.82) is 0 Å². The van der Waals surface area contributed by atoms with Crippen LogP contribution in [0.5, 0.6) is 0 Å². The number of carbonyl (C=O) groups excluding carboxylic acids is 1. The number of aromatic nitrogens is 1. The maximum Gasteiger partial charge on any atom is 0.192 e. The molecule has 1 unspecified atom stereocenters. The summed E-state index contributed by atoms with van der Waals surface area (Å²) in [5.74, 6) is -0.603. The van der Waals surface area contributed by atoms with E-state index in [0.717, 1.165) is 5.56 Å². The first-order chi connectivity index (χ1) is 12.5. The van der Waals surface area contributed by atoms with Gasteiger partial charge in [-0.15, -0.1) is 0 Å². The molecule has 0 spiro atoms. The molecule has 4 rings (SSSR count). The SMILES string of the molecule is Cc1nc2c3c(cc(CO)c2o1)C(=O)C(C(=S)Nc1cccc(F)c1)C3. The summed E-state index contributed by atoms with van der Waals surface area (Å²) in [7, 11) is 0. The molecule has 0 aliphatic heterocycles. The Bertz CT molecular complexity index is 1060. The molecule has 0 saturated carbocycles. The standard InChI is InChI=1S/C19H15FN2O3S/c1-9-21-16-13-7-15(19(26)22-12-4-2-3-11(20)6-12)17(24)14(13)5-10(8-23)18(16)25-9/h2-6,15,23H,7-8H2,1H3,(H,22,26). The number of Topliss-reactive ketones (excluding diaryl/α,β-unsaturated/α-hetero) is 1. The topological polar surface area (TPSA) is 75.4 Å². The van der Waals surface area contributed by atoms with Gasteiger partial charge in [0.2, 0.25) is 0 Å². The molecule has 2 aromatic carbocycles. The molecular weight excluding hydrogens is 355 g/mol. The highest BCUT2D eigenvalue weighted by atomic mass is 32.1. The molecule has 7 heteroatoms. The number of nitrogens with one attached hydrogen (secondary N) is 1. The average Bonchev–Trinajstić information content (AvgIpc) is 3.14. The van der Waals surface area contributed by atoms with Gasteiger partial charge in [-0.3, -0.25) is 4.79 Å². The van der Waals surface area contributed by atoms with E-state index in [9.17, 15) is 14.3 Å². The van der Waals surface area contributed by atoms with Crippen molar-refractivity contribution in [1.82, 2.24) is 4.98 Å². The van der Waals surface area contributed by atoms with Crippen LogP contribution < -0.4 is 5.32 Å². The molecular formula is C19H15FN2O3S. The summed E-state index contributed by atoms with van der Waals surface area (Å²) in [6, 6.07) is 7.56. The first-order valence-corrected chi connectivity index (χ1v) is 8.52. The maximum atomic E-state index is 13.4. The van der Waals surface area contributed by atoms with Crippen molar-refractivity contribution in [3.8, 4) is 0 Å². The minimum Gasteiger partial charge on any atom is -0.441 e. The second-order valence-electron chi connectivity index (χ2n) is 6.25. The van der Waals surface area contributed by atoms with Gasteiger partial charge in [-0.25, -0.2) is 9.37 Å². The number of hydrogen-bond donors (Lipinski definition) is 2. The summed E-state index contributed by atoms with van der Waals surface area (Å²) in [6.45, 7) is 1.47. The van der Waals surface area contributed by atoms with Crippen LogP contribution >= 0.6 is 12.2 Å². The van der Waals surface area contributed by atoms with E-state index >= 15 is 0 Å². The molecule has 26 heavy (non-hydrogen) atoms. The first-order valence-electron chi connectivity index (χ1n) is 8.11. The molecule has 0 fully saturated rings. The van der Waals surface area contributed by atoms with Crippen LogP contribution in [0.25, 0.3) is 11.1 Å². The fraction of sp³-hybridized carbons (Fsp3) is 0.211. The number of aryl methyl sites for hydroxylation is 1. The third-order valence-corrected chi connectivity index (χ3v) is 4.91. The molecule has 5 nitrogen and oxygen atoms in total. The van der Waals surface area contributed by atoms with Crippen molar-refractivity contribution in [3.05, 3.63) is 58.7 Å². The van der Waals surface area contributed by atoms with Crippen LogP contribution in [0.15, 0.2) is 34.7 Å². The fourth-order valence-electron chi connectivity index (χ4n) is 3.34. The van der Waals surface area contributed by atoms with Gasteiger partial charge in [0, 0.05) is 23.7 Å². The number of anilines is 1. The Kier molecular flexibility index (Phi) is 4.05. The normalized spacial score (nSPS) is 16.1. The van der Waals surface area contributed by atoms with Crippen LogP contribution in [-0.2, 0) is 13.0 Å². The number of benzene rings is 2. The molecule has 1 aliphatic rings. The van der Waals surface area contributed by atoms with Crippen LogP contribution in [0.3, 0.4) is 0 Å². The van der Waals surface area contributed by atoms with E-state index in [4.69, 9.17) is 16.6 Å². The fourth-order valence-corrected chi connectivity index (χ4v) is 3.65. The van der Waals surface area contributed by atoms with Crippen LogP contribution in [0.2, 0.25) is 0 Å². The molecule has 0 radical (unpaired) electrons. The van der Waals surface area contributed by atoms with E-state index in [2.05, 4.69) is 10.3 Å². The summed E-state index contributed by atoms with van der Waals surface area (Å²) in [6.07, 6.45) is 0.392. The lowest BCUT2D eigenvalue weighted by atomic mass is 10.0. The van der Waals surface area contributed by atoms with Gasteiger partial charge in [0.25, 0.3) is 0 Å². The van der Waals surface area contributed by atoms with Gasteiger partial charge in [-0.1, -0.05) is 18.3 Å². The zero-order valence-corrected chi connectivity index (χ0v) is 14.7. The predicted molar refractivity (Wildman–Crippen MR) is 98.8 cm³/mol. The van der Waals surface area contributed by atoms with E-state index in [1.54, 1.807) is 25.1 Å². The van der Waals surface area contributed by atoms with Gasteiger partial charge in [0.1, 0.15) is 11.3 Å². The molecule has 2 N–H and O–H groups in total. The van der Waals surface area contributed by atoms with E-state index < -0.39 is 5.92 Å². The number of rotatable bonds is 3. The van der Waals surface area contributed by atoms with Crippen molar-refractivity contribution in [2.24, 2.45) is 5.92 Å². The molecule has 1 atom stereocenters. The van der Waals surface area contributed by atoms with Crippen LogP contribution in [0.4, 0.5) is 10.1 Å². The lowest BCUT2D eigenvalue weighted by Crippen LogP contribution is -2.25. The van der Waals surface area contributed by atoms with Gasteiger partial charge < -0.3 is 14.8 Å². The Morgan fingerprint density at radius 2 is 2.27 bits per heavy atom. The lowest BCUT2D eigenvalue weighted by Gasteiger charge is -2.12. The Balaban J connectivity index is 1.69. The molecule has 1 heterocycles. The van der Waals surface area contributed by atoms with E-state index in [-0.39, 0.29) is 18.2 Å². The molecule has 1 aliphatic carbocycles. The van der Waals surface area contributed by atoms with Crippen molar-refractivity contribution in [2.45, 2.75) is 20.0 Å². The molecule has 0 amide bonds. The Morgan fingerprint density at radius 3 is 3.00 bits per heavy atom. The lowest BCUT2D eigenvalue weighted by molar-refractivity contribution is 0.0969. The molecule has 0 bridgehead atoms. The third kappa shape index (κ3) is 2.69. The number of oxazole rings is 1. The van der Waals surface area contributed by atoms with Crippen molar-refractivity contribution in [2.75, 3.05) is 5.32 Å². The number of halogens is 1. The zero-order chi connectivity index (χ0) is 18.4. The number of ketones is 1. The van der Waals surface area contributed by atoms with Gasteiger partial charge in [-0.2, -0.15) is 0 Å². The van der Waals surface area contributed by atoms with Crippen molar-refractivity contribution in [3.63, 3.8) is 0 Å². The van der Waals surface area contributed by atoms with Crippen LogP contribution in [-0.4, -0.2) is 20.9 Å². The number of aliphatic hydroxyl groups is 1. The average molecular weight is 370 g/mol. The Morgan fingerprint density at radius 1 is 1.46 bits per heavy atom.